The van der Waals surface area contributed by atoms with E-state index in [1.54, 1.807) is 9.13 Å². The molecule has 7 heteroatoms. The van der Waals surface area contributed by atoms with Crippen molar-refractivity contribution in [3.8, 4) is 61.7 Å². The monoisotopic (exact) mass is 1520 g/mol. The Kier molecular flexibility index (Phi) is 12.9. The summed E-state index contributed by atoms with van der Waals surface area (Å²) in [6, 6.07) is 67.1. The molecule has 0 unspecified atom stereocenters. The van der Waals surface area contributed by atoms with Crippen LogP contribution in [-0.2, 0) is 27.1 Å². The number of hydrogen-bond donors (Lipinski definition) is 0. The Hall–Kier alpha value is -12.7. The van der Waals surface area contributed by atoms with Crippen molar-refractivity contribution in [1.29, 1.82) is 0 Å². The minimum Gasteiger partial charge on any atom is -0.310 e. The SMILES string of the molecule is [2H]c1c([2H])c([2H])c2c(c1[2H])c1c([2H])c([2H])c([2H])c([2H])c1n2-c1ccc2c(c1)N(c1c(-c3ccccc3)cc(C(C)(C)C)cc1-c1ccccc1)c1cc(-n3c4c([2H])c([2H])c([2H])c([2H])c4c4c([2H])c([2H])c([2H])c([2H])c43)cc3c1B2c1ccc(-n2c4ccc(C(C)(C)C)cc4c4cc(C(C)(C)C)ccc42)cc1N3c1c(-c2ccccc2)cc(C(C)(C)C)cc1-c1cccc(C(C)(C)C)n1. The first-order valence-corrected chi connectivity index (χ1v) is 40.1. The second kappa shape index (κ2) is 26.4. The Labute approximate surface area is 705 Å². The number of rotatable bonds is 9. The quantitative estimate of drug-likeness (QED) is 0.135. The molecular formula is C109H97BN6. The highest BCUT2D eigenvalue weighted by Gasteiger charge is 2.47. The highest BCUT2D eigenvalue weighted by atomic mass is 15.2. The Bertz CT molecular complexity index is 7780. The van der Waals surface area contributed by atoms with E-state index in [4.69, 9.17) is 4.98 Å². The predicted molar refractivity (Wildman–Crippen MR) is 497 cm³/mol. The molecule has 0 aliphatic carbocycles. The zero-order chi connectivity index (χ0) is 93.7. The molecule has 14 aromatic carbocycles. The molecule has 566 valence electrons. The van der Waals surface area contributed by atoms with Crippen molar-refractivity contribution in [2.24, 2.45) is 0 Å². The Balaban J connectivity index is 1.06. The molecule has 0 spiro atoms. The summed E-state index contributed by atoms with van der Waals surface area (Å²) in [6.07, 6.45) is 0. The summed E-state index contributed by atoms with van der Waals surface area (Å²) in [5, 5.41) is 1.64. The molecule has 2 aliphatic rings. The molecule has 116 heavy (non-hydrogen) atoms. The van der Waals surface area contributed by atoms with Gasteiger partial charge in [0.15, 0.2) is 0 Å². The first-order chi connectivity index (χ1) is 62.4. The van der Waals surface area contributed by atoms with Gasteiger partial charge in [-0.3, -0.25) is 4.98 Å². The van der Waals surface area contributed by atoms with Crippen molar-refractivity contribution in [3.63, 3.8) is 0 Å². The van der Waals surface area contributed by atoms with Crippen LogP contribution in [0.3, 0.4) is 0 Å². The zero-order valence-electron chi connectivity index (χ0n) is 84.0. The van der Waals surface area contributed by atoms with Gasteiger partial charge in [0.1, 0.15) is 0 Å². The first kappa shape index (κ1) is 56.5. The number of hydrogen-bond acceptors (Lipinski definition) is 3. The largest absolute Gasteiger partial charge is 0.310 e. The second-order valence-electron chi connectivity index (χ2n) is 36.4. The molecule has 0 radical (unpaired) electrons. The third-order valence-electron chi connectivity index (χ3n) is 23.8. The minimum absolute atomic E-state index is 0.0919. The number of anilines is 6. The normalized spacial score (nSPS) is 15.2. The summed E-state index contributed by atoms with van der Waals surface area (Å²) in [6.45, 7) is 32.1. The zero-order valence-corrected chi connectivity index (χ0v) is 68.0. The van der Waals surface area contributed by atoms with Gasteiger partial charge in [0.05, 0.1) is 77.8 Å². The molecule has 0 saturated heterocycles. The van der Waals surface area contributed by atoms with E-state index in [9.17, 15) is 21.9 Å². The van der Waals surface area contributed by atoms with E-state index in [0.717, 1.165) is 99.8 Å². The fourth-order valence-electron chi connectivity index (χ4n) is 17.8. The van der Waals surface area contributed by atoms with Gasteiger partial charge in [-0.05, 0) is 198 Å². The standard InChI is InChI=1S/C109H97BN6/c1-105(2,3)71-50-56-95-85(58-71)86-59-72(106(4,5)6)51-57-96(86)113(95)76-53-55-89-98(65-76)116(104-84(70-38-23-18-24-39-70)62-74(108(10,11)12)63-87(104)90-44-33-49-101(111-90)109(13,14)15)100-67-77(114-93-47-31-27-42-80(93)81-43-28-32-48-94(81)114)66-99-102(100)110(89)88-54-52-75(112-91-45-29-25-40-78(91)79-41-26-30-46-92(79)112)64-97(88)115(99)103-82(68-34-19-16-20-35-68)60-73(107(7,8)9)61-83(103)69-36-21-17-22-37-69/h16-67H,1-15H3/i25D,26D,27D,28D,29D,30D,31D,32D,40D,41D,42D,43D,45D,46D,47D,48D. The summed E-state index contributed by atoms with van der Waals surface area (Å²) >= 11 is 0. The molecule has 6 nitrogen and oxygen atoms in total. The van der Waals surface area contributed by atoms with Gasteiger partial charge in [-0.25, -0.2) is 0 Å². The molecule has 0 atom stereocenters. The summed E-state index contributed by atoms with van der Waals surface area (Å²) in [5.41, 5.74) is 17.8. The van der Waals surface area contributed by atoms with Crippen LogP contribution in [0.4, 0.5) is 34.1 Å². The van der Waals surface area contributed by atoms with Crippen LogP contribution in [0.25, 0.3) is 127 Å². The lowest BCUT2D eigenvalue weighted by Crippen LogP contribution is -2.61. The molecule has 0 bridgehead atoms. The molecule has 0 fully saturated rings. The molecule has 18 aromatic rings. The smallest absolute Gasteiger partial charge is 0.252 e. The van der Waals surface area contributed by atoms with E-state index >= 15 is 0 Å². The number of para-hydroxylation sites is 4. The van der Waals surface area contributed by atoms with Crippen LogP contribution in [-0.4, -0.2) is 25.4 Å². The van der Waals surface area contributed by atoms with E-state index < -0.39 is 120 Å². The van der Waals surface area contributed by atoms with Gasteiger partial charge in [-0.15, -0.1) is 0 Å². The minimum atomic E-state index is -0.860. The maximum atomic E-state index is 10.4. The van der Waals surface area contributed by atoms with Crippen molar-refractivity contribution in [1.82, 2.24) is 18.7 Å². The van der Waals surface area contributed by atoms with E-state index in [0.29, 0.717) is 50.7 Å². The fourth-order valence-corrected chi connectivity index (χ4v) is 17.8. The van der Waals surface area contributed by atoms with Crippen molar-refractivity contribution in [2.75, 3.05) is 9.80 Å². The molecule has 2 aliphatic heterocycles. The maximum absolute atomic E-state index is 10.4. The van der Waals surface area contributed by atoms with E-state index in [1.807, 2.05) is 84.9 Å². The van der Waals surface area contributed by atoms with Crippen LogP contribution in [0, 0.1) is 0 Å². The van der Waals surface area contributed by atoms with Crippen LogP contribution >= 0.6 is 0 Å². The molecular weight excluding hydrogens is 1400 g/mol. The van der Waals surface area contributed by atoms with E-state index in [2.05, 4.69) is 252 Å². The van der Waals surface area contributed by atoms with Gasteiger partial charge in [-0.2, -0.15) is 0 Å². The first-order valence-electron chi connectivity index (χ1n) is 48.1. The summed E-state index contributed by atoms with van der Waals surface area (Å²) in [5.74, 6) is 0. The summed E-state index contributed by atoms with van der Waals surface area (Å²) in [4.78, 5) is 10.4. The van der Waals surface area contributed by atoms with Crippen LogP contribution in [0.2, 0.25) is 0 Å². The second-order valence-corrected chi connectivity index (χ2v) is 36.4. The number of benzene rings is 14. The topological polar surface area (TPSA) is 34.2 Å². The third kappa shape index (κ3) is 11.7. The molecule has 20 rings (SSSR count). The van der Waals surface area contributed by atoms with Gasteiger partial charge in [-0.1, -0.05) is 298 Å². The van der Waals surface area contributed by atoms with E-state index in [1.165, 1.54) is 0 Å². The van der Waals surface area contributed by atoms with Crippen LogP contribution < -0.4 is 26.2 Å². The van der Waals surface area contributed by atoms with Crippen LogP contribution in [0.5, 0.6) is 0 Å². The average molecular weight is 1520 g/mol. The van der Waals surface area contributed by atoms with Gasteiger partial charge < -0.3 is 23.5 Å². The fraction of sp³-hybridized carbons (Fsp3) is 0.183. The number of aromatic nitrogens is 4. The highest BCUT2D eigenvalue weighted by Crippen LogP contribution is 2.56. The number of nitrogens with zero attached hydrogens (tertiary/aromatic N) is 6. The van der Waals surface area contributed by atoms with Crippen molar-refractivity contribution in [2.45, 2.75) is 131 Å². The molecule has 6 heterocycles. The maximum Gasteiger partial charge on any atom is 0.252 e. The van der Waals surface area contributed by atoms with Crippen LogP contribution in [0.15, 0.2) is 315 Å². The highest BCUT2D eigenvalue weighted by molar-refractivity contribution is 7.00. The average Bonchev–Trinajstić information content (AvgIpc) is 1.08. The lowest BCUT2D eigenvalue weighted by molar-refractivity contribution is 0.569. The number of fused-ring (bicyclic) bond motifs is 13. The molecule has 0 N–H and O–H groups in total. The molecule has 4 aromatic heterocycles. The molecule has 0 amide bonds. The summed E-state index contributed by atoms with van der Waals surface area (Å²) < 4.78 is 162. The Morgan fingerprint density at radius 3 is 1.00 bits per heavy atom. The lowest BCUT2D eigenvalue weighted by Gasteiger charge is -2.46. The van der Waals surface area contributed by atoms with Crippen molar-refractivity contribution in [3.05, 3.63) is 343 Å². The summed E-state index contributed by atoms with van der Waals surface area (Å²) in [7, 11) is 0. The Morgan fingerprint density at radius 1 is 0.276 bits per heavy atom. The Morgan fingerprint density at radius 2 is 0.621 bits per heavy atom. The van der Waals surface area contributed by atoms with Gasteiger partial charge in [0, 0.05) is 99.8 Å². The van der Waals surface area contributed by atoms with Crippen molar-refractivity contribution >= 4 is 123 Å². The number of pyridine rings is 1. The van der Waals surface area contributed by atoms with E-state index in [-0.39, 0.29) is 65.8 Å². The van der Waals surface area contributed by atoms with Gasteiger partial charge in [0.2, 0.25) is 0 Å². The van der Waals surface area contributed by atoms with Crippen molar-refractivity contribution < 1.29 is 21.9 Å². The lowest BCUT2D eigenvalue weighted by atomic mass is 9.33. The molecule has 0 saturated carbocycles. The van der Waals surface area contributed by atoms with Crippen LogP contribution in [0.1, 0.15) is 154 Å². The predicted octanol–water partition coefficient (Wildman–Crippen LogP) is 27.6. The third-order valence-corrected chi connectivity index (χ3v) is 23.8. The van der Waals surface area contributed by atoms with Gasteiger partial charge >= 0.3 is 0 Å². The van der Waals surface area contributed by atoms with Gasteiger partial charge in [0.25, 0.3) is 6.71 Å².